The van der Waals surface area contributed by atoms with E-state index in [0.29, 0.717) is 11.7 Å². The third kappa shape index (κ3) is 5.18. The maximum absolute atomic E-state index is 12.8. The lowest BCUT2D eigenvalue weighted by molar-refractivity contribution is -0.140. The predicted octanol–water partition coefficient (Wildman–Crippen LogP) is 2.82. The van der Waals surface area contributed by atoms with Crippen LogP contribution < -0.4 is 4.74 Å². The van der Waals surface area contributed by atoms with Gasteiger partial charge in [0.25, 0.3) is 5.91 Å². The lowest BCUT2D eigenvalue weighted by Crippen LogP contribution is -2.48. The monoisotopic (exact) mass is 345 g/mol. The maximum Gasteiger partial charge on any atom is 0.263 e. The molecule has 2 atom stereocenters. The molecule has 0 saturated carbocycles. The molecule has 0 spiro atoms. The van der Waals surface area contributed by atoms with Gasteiger partial charge < -0.3 is 14.5 Å². The second-order valence-electron chi connectivity index (χ2n) is 7.72. The molecule has 2 fully saturated rings. The van der Waals surface area contributed by atoms with Crippen molar-refractivity contribution in [3.8, 4) is 5.75 Å². The van der Waals surface area contributed by atoms with Gasteiger partial charge in [0.05, 0.1) is 6.20 Å². The summed E-state index contributed by atoms with van der Waals surface area (Å²) in [6.45, 7) is 9.47. The van der Waals surface area contributed by atoms with Crippen molar-refractivity contribution in [1.82, 2.24) is 14.8 Å². The Kier molecular flexibility index (Phi) is 6.29. The molecule has 2 aliphatic heterocycles. The Balaban J connectivity index is 1.49. The predicted molar refractivity (Wildman–Crippen MR) is 98.5 cm³/mol. The summed E-state index contributed by atoms with van der Waals surface area (Å²) >= 11 is 0. The first kappa shape index (κ1) is 18.2. The van der Waals surface area contributed by atoms with Crippen LogP contribution in [0.1, 0.15) is 39.5 Å². The number of likely N-dealkylation sites (tertiary alicyclic amines) is 2. The quantitative estimate of drug-likeness (QED) is 0.823. The van der Waals surface area contributed by atoms with Gasteiger partial charge in [0, 0.05) is 25.8 Å². The van der Waals surface area contributed by atoms with Crippen LogP contribution in [-0.2, 0) is 4.79 Å². The van der Waals surface area contributed by atoms with Crippen LogP contribution in [0.25, 0.3) is 0 Å². The summed E-state index contributed by atoms with van der Waals surface area (Å²) in [7, 11) is 0. The first-order chi connectivity index (χ1) is 12.1. The number of amides is 1. The second kappa shape index (κ2) is 8.65. The standard InChI is InChI=1S/C20H31N3O2/c1-16-7-11-22(12-8-16)14-18-5-4-10-23(15-18)20(24)17(2)25-19-6-3-9-21-13-19/h3,6,9,13,16-18H,4-5,7-8,10-12,14-15H2,1-2H3/t17-,18-/m1/s1. The van der Waals surface area contributed by atoms with Crippen molar-refractivity contribution >= 4 is 5.91 Å². The highest BCUT2D eigenvalue weighted by Crippen LogP contribution is 2.22. The molecule has 25 heavy (non-hydrogen) atoms. The molecule has 0 radical (unpaired) electrons. The van der Waals surface area contributed by atoms with Gasteiger partial charge in [0.15, 0.2) is 6.10 Å². The van der Waals surface area contributed by atoms with E-state index in [4.69, 9.17) is 4.74 Å². The van der Waals surface area contributed by atoms with Crippen molar-refractivity contribution in [2.24, 2.45) is 11.8 Å². The molecule has 0 aliphatic carbocycles. The zero-order valence-electron chi connectivity index (χ0n) is 15.6. The van der Waals surface area contributed by atoms with Crippen molar-refractivity contribution in [2.75, 3.05) is 32.7 Å². The summed E-state index contributed by atoms with van der Waals surface area (Å²) < 4.78 is 5.76. The van der Waals surface area contributed by atoms with Crippen molar-refractivity contribution in [3.05, 3.63) is 24.5 Å². The molecular formula is C20H31N3O2. The van der Waals surface area contributed by atoms with Gasteiger partial charge in [-0.15, -0.1) is 0 Å². The van der Waals surface area contributed by atoms with E-state index >= 15 is 0 Å². The van der Waals surface area contributed by atoms with Gasteiger partial charge >= 0.3 is 0 Å². The molecule has 5 nitrogen and oxygen atoms in total. The summed E-state index contributed by atoms with van der Waals surface area (Å²) in [6, 6.07) is 3.66. The number of pyridine rings is 1. The maximum atomic E-state index is 12.8. The Labute approximate surface area is 151 Å². The summed E-state index contributed by atoms with van der Waals surface area (Å²) in [5.74, 6) is 2.21. The lowest BCUT2D eigenvalue weighted by atomic mass is 9.94. The van der Waals surface area contributed by atoms with Crippen molar-refractivity contribution in [3.63, 3.8) is 0 Å². The van der Waals surface area contributed by atoms with E-state index in [2.05, 4.69) is 16.8 Å². The molecule has 138 valence electrons. The molecule has 3 rings (SSSR count). The fourth-order valence-corrected chi connectivity index (χ4v) is 3.95. The van der Waals surface area contributed by atoms with Crippen molar-refractivity contribution < 1.29 is 9.53 Å². The van der Waals surface area contributed by atoms with Crippen LogP contribution >= 0.6 is 0 Å². The second-order valence-corrected chi connectivity index (χ2v) is 7.72. The summed E-state index contributed by atoms with van der Waals surface area (Å²) in [6.07, 6.45) is 7.85. The van der Waals surface area contributed by atoms with Crippen molar-refractivity contribution in [1.29, 1.82) is 0 Å². The Morgan fingerprint density at radius 2 is 2.12 bits per heavy atom. The molecule has 2 saturated heterocycles. The highest BCUT2D eigenvalue weighted by atomic mass is 16.5. The molecule has 2 aliphatic rings. The number of aromatic nitrogens is 1. The van der Waals surface area contributed by atoms with Crippen LogP contribution in [0.3, 0.4) is 0 Å². The fraction of sp³-hybridized carbons (Fsp3) is 0.700. The SMILES string of the molecule is CC1CCN(C[C@H]2CCCN(C(=O)[C@@H](C)Oc3cccnc3)C2)CC1. The Morgan fingerprint density at radius 1 is 1.32 bits per heavy atom. The number of carbonyl (C=O) groups excluding carboxylic acids is 1. The van der Waals surface area contributed by atoms with Crippen LogP contribution in [0.5, 0.6) is 5.75 Å². The van der Waals surface area contributed by atoms with Gasteiger partial charge in [-0.25, -0.2) is 0 Å². The van der Waals surface area contributed by atoms with Gasteiger partial charge in [-0.2, -0.15) is 0 Å². The van der Waals surface area contributed by atoms with Gasteiger partial charge in [-0.1, -0.05) is 6.92 Å². The molecular weight excluding hydrogens is 314 g/mol. The molecule has 3 heterocycles. The fourth-order valence-electron chi connectivity index (χ4n) is 3.95. The minimum absolute atomic E-state index is 0.0980. The number of hydrogen-bond donors (Lipinski definition) is 0. The molecule has 0 bridgehead atoms. The highest BCUT2D eigenvalue weighted by molar-refractivity contribution is 5.81. The Hall–Kier alpha value is -1.62. The van der Waals surface area contributed by atoms with Crippen LogP contribution in [-0.4, -0.2) is 59.5 Å². The summed E-state index contributed by atoms with van der Waals surface area (Å²) in [5, 5.41) is 0. The molecule has 5 heteroatoms. The van der Waals surface area contributed by atoms with Gasteiger partial charge in [-0.3, -0.25) is 9.78 Å². The van der Waals surface area contributed by atoms with Crippen LogP contribution in [0, 0.1) is 11.8 Å². The largest absolute Gasteiger partial charge is 0.479 e. The average molecular weight is 345 g/mol. The lowest BCUT2D eigenvalue weighted by Gasteiger charge is -2.38. The first-order valence-electron chi connectivity index (χ1n) is 9.69. The minimum Gasteiger partial charge on any atom is -0.479 e. The minimum atomic E-state index is -0.459. The Bertz CT molecular complexity index is 543. The number of carbonyl (C=O) groups is 1. The van der Waals surface area contributed by atoms with E-state index in [1.165, 1.54) is 32.4 Å². The van der Waals surface area contributed by atoms with E-state index in [0.717, 1.165) is 32.0 Å². The third-order valence-electron chi connectivity index (χ3n) is 5.52. The van der Waals surface area contributed by atoms with E-state index in [1.54, 1.807) is 12.4 Å². The Morgan fingerprint density at radius 3 is 2.84 bits per heavy atom. The summed E-state index contributed by atoms with van der Waals surface area (Å²) in [4.78, 5) is 21.4. The smallest absolute Gasteiger partial charge is 0.263 e. The van der Waals surface area contributed by atoms with Crippen molar-refractivity contribution in [2.45, 2.75) is 45.6 Å². The van der Waals surface area contributed by atoms with Gasteiger partial charge in [0.2, 0.25) is 0 Å². The van der Waals surface area contributed by atoms with Crippen LogP contribution in [0.15, 0.2) is 24.5 Å². The summed E-state index contributed by atoms with van der Waals surface area (Å²) in [5.41, 5.74) is 0. The normalized spacial score (nSPS) is 24.1. The molecule has 1 aromatic rings. The van der Waals surface area contributed by atoms with E-state index in [9.17, 15) is 4.79 Å². The molecule has 1 aromatic heterocycles. The molecule has 0 aromatic carbocycles. The topological polar surface area (TPSA) is 45.7 Å². The first-order valence-corrected chi connectivity index (χ1v) is 9.69. The average Bonchev–Trinajstić information content (AvgIpc) is 2.64. The number of rotatable bonds is 5. The molecule has 1 amide bonds. The van der Waals surface area contributed by atoms with Crippen LogP contribution in [0.2, 0.25) is 0 Å². The van der Waals surface area contributed by atoms with Crippen LogP contribution in [0.4, 0.5) is 0 Å². The van der Waals surface area contributed by atoms with E-state index in [1.807, 2.05) is 24.0 Å². The third-order valence-corrected chi connectivity index (χ3v) is 5.52. The zero-order valence-corrected chi connectivity index (χ0v) is 15.6. The molecule has 0 N–H and O–H groups in total. The zero-order chi connectivity index (χ0) is 17.6. The highest BCUT2D eigenvalue weighted by Gasteiger charge is 2.29. The number of hydrogen-bond acceptors (Lipinski definition) is 4. The van der Waals surface area contributed by atoms with E-state index in [-0.39, 0.29) is 5.91 Å². The van der Waals surface area contributed by atoms with Gasteiger partial charge in [0.1, 0.15) is 5.75 Å². The van der Waals surface area contributed by atoms with Gasteiger partial charge in [-0.05, 0) is 69.7 Å². The number of ether oxygens (including phenoxy) is 1. The van der Waals surface area contributed by atoms with E-state index < -0.39 is 6.10 Å². The molecule has 0 unspecified atom stereocenters. The number of piperidine rings is 2. The number of nitrogens with zero attached hydrogens (tertiary/aromatic N) is 3.